The van der Waals surface area contributed by atoms with Crippen molar-refractivity contribution < 1.29 is 33.3 Å². The zero-order chi connectivity index (χ0) is 23.8. The average molecular weight is 453 g/mol. The van der Waals surface area contributed by atoms with Gasteiger partial charge in [-0.25, -0.2) is 9.78 Å². The Kier molecular flexibility index (Phi) is 7.53. The Morgan fingerprint density at radius 3 is 1.91 bits per heavy atom. The first-order valence-corrected chi connectivity index (χ1v) is 9.67. The third kappa shape index (κ3) is 5.82. The number of carbonyl (C=O) groups is 2. The summed E-state index contributed by atoms with van der Waals surface area (Å²) in [5, 5.41) is 4.77. The number of hydrogen-bond donors (Lipinski definition) is 2. The van der Waals surface area contributed by atoms with E-state index < -0.39 is 11.9 Å². The second-order valence-electron chi connectivity index (χ2n) is 6.48. The van der Waals surface area contributed by atoms with Gasteiger partial charge in [-0.05, 0) is 18.2 Å². The number of pyridine rings is 1. The van der Waals surface area contributed by atoms with E-state index in [2.05, 4.69) is 15.6 Å². The van der Waals surface area contributed by atoms with Crippen LogP contribution in [0.2, 0.25) is 0 Å². The van der Waals surface area contributed by atoms with Crippen LogP contribution in [-0.2, 0) is 0 Å². The molecule has 3 amide bonds. The molecule has 0 bridgehead atoms. The van der Waals surface area contributed by atoms with Crippen molar-refractivity contribution >= 4 is 17.6 Å². The largest absolute Gasteiger partial charge is 0.496 e. The lowest BCUT2D eigenvalue weighted by Gasteiger charge is -2.13. The number of nitrogens with one attached hydrogen (secondary N) is 2. The van der Waals surface area contributed by atoms with Crippen molar-refractivity contribution in [2.75, 3.05) is 33.8 Å². The molecule has 0 spiro atoms. The molecule has 0 saturated carbocycles. The van der Waals surface area contributed by atoms with Gasteiger partial charge in [-0.3, -0.25) is 10.1 Å². The van der Waals surface area contributed by atoms with Crippen molar-refractivity contribution in [2.45, 2.75) is 0 Å². The van der Waals surface area contributed by atoms with Crippen molar-refractivity contribution in [3.05, 3.63) is 60.3 Å². The molecule has 1 aromatic heterocycles. The molecule has 33 heavy (non-hydrogen) atoms. The second kappa shape index (κ2) is 10.7. The first-order valence-electron chi connectivity index (χ1n) is 9.67. The maximum Gasteiger partial charge on any atom is 0.326 e. The van der Waals surface area contributed by atoms with Crippen LogP contribution in [0.5, 0.6) is 34.6 Å². The van der Waals surface area contributed by atoms with E-state index in [9.17, 15) is 9.59 Å². The maximum absolute atomic E-state index is 12.6. The van der Waals surface area contributed by atoms with Gasteiger partial charge >= 0.3 is 6.03 Å². The zero-order valence-electron chi connectivity index (χ0n) is 18.5. The Balaban J connectivity index is 1.65. The molecule has 0 aliphatic rings. The highest BCUT2D eigenvalue weighted by Gasteiger charge is 2.20. The summed E-state index contributed by atoms with van der Waals surface area (Å²) >= 11 is 0. The van der Waals surface area contributed by atoms with Gasteiger partial charge in [0.25, 0.3) is 5.91 Å². The molecule has 0 aliphatic heterocycles. The highest BCUT2D eigenvalue weighted by atomic mass is 16.5. The highest BCUT2D eigenvalue weighted by Crippen LogP contribution is 2.30. The van der Waals surface area contributed by atoms with Crippen LogP contribution in [0, 0.1) is 0 Å². The van der Waals surface area contributed by atoms with Crippen molar-refractivity contribution in [2.24, 2.45) is 0 Å². The lowest BCUT2D eigenvalue weighted by molar-refractivity contribution is 0.0961. The quantitative estimate of drug-likeness (QED) is 0.528. The van der Waals surface area contributed by atoms with Gasteiger partial charge in [-0.2, -0.15) is 0 Å². The third-order valence-electron chi connectivity index (χ3n) is 4.42. The van der Waals surface area contributed by atoms with Crippen LogP contribution in [-0.4, -0.2) is 45.4 Å². The Morgan fingerprint density at radius 1 is 0.788 bits per heavy atom. The lowest BCUT2D eigenvalue weighted by atomic mass is 10.1. The van der Waals surface area contributed by atoms with E-state index in [1.165, 1.54) is 34.6 Å². The number of rotatable bonds is 8. The number of amides is 3. The van der Waals surface area contributed by atoms with Gasteiger partial charge in [-0.15, -0.1) is 0 Å². The molecular formula is C23H23N3O7. The number of anilines is 1. The molecule has 0 radical (unpaired) electrons. The molecule has 0 saturated heterocycles. The Bertz CT molecular complexity index is 1090. The van der Waals surface area contributed by atoms with Crippen molar-refractivity contribution in [1.82, 2.24) is 10.3 Å². The lowest BCUT2D eigenvalue weighted by Crippen LogP contribution is -2.34. The topological polar surface area (TPSA) is 117 Å². The molecule has 2 aromatic carbocycles. The fourth-order valence-electron chi connectivity index (χ4n) is 2.88. The summed E-state index contributed by atoms with van der Waals surface area (Å²) in [6.45, 7) is 0. The van der Waals surface area contributed by atoms with Crippen LogP contribution in [0.15, 0.2) is 54.7 Å². The number of aromatic nitrogens is 1. The number of urea groups is 1. The number of ether oxygens (including phenoxy) is 5. The standard InChI is InChI=1S/C23H23N3O7/c1-29-15-10-16(30-2)12-17(11-15)33-20-9-8-14(13-24-20)25-23(28)26-22(27)21-18(31-3)6-5-7-19(21)32-4/h5-13H,1-4H3,(H2,25,26,27,28). The molecule has 2 N–H and O–H groups in total. The van der Waals surface area contributed by atoms with Crippen molar-refractivity contribution in [3.63, 3.8) is 0 Å². The molecular weight excluding hydrogens is 430 g/mol. The predicted octanol–water partition coefficient (Wildman–Crippen LogP) is 3.87. The smallest absolute Gasteiger partial charge is 0.326 e. The van der Waals surface area contributed by atoms with E-state index in [4.69, 9.17) is 23.7 Å². The van der Waals surface area contributed by atoms with Crippen LogP contribution in [0.4, 0.5) is 10.5 Å². The number of carbonyl (C=O) groups excluding carboxylic acids is 2. The molecule has 0 atom stereocenters. The average Bonchev–Trinajstić information content (AvgIpc) is 2.84. The van der Waals surface area contributed by atoms with Crippen LogP contribution in [0.25, 0.3) is 0 Å². The first-order chi connectivity index (χ1) is 16.0. The SMILES string of the molecule is COc1cc(OC)cc(Oc2ccc(NC(=O)NC(=O)c3c(OC)cccc3OC)cn2)c1. The number of methoxy groups -OCH3 is 4. The number of benzene rings is 2. The van der Waals surface area contributed by atoms with E-state index in [1.807, 2.05) is 0 Å². The molecule has 10 nitrogen and oxygen atoms in total. The summed E-state index contributed by atoms with van der Waals surface area (Å²) in [6, 6.07) is 12.3. The van der Waals surface area contributed by atoms with E-state index in [-0.39, 0.29) is 22.9 Å². The minimum Gasteiger partial charge on any atom is -0.496 e. The van der Waals surface area contributed by atoms with E-state index >= 15 is 0 Å². The van der Waals surface area contributed by atoms with Crippen LogP contribution in [0.1, 0.15) is 10.4 Å². The molecule has 3 rings (SSSR count). The fraction of sp³-hybridized carbons (Fsp3) is 0.174. The van der Waals surface area contributed by atoms with Crippen LogP contribution < -0.4 is 34.3 Å². The summed E-state index contributed by atoms with van der Waals surface area (Å²) in [7, 11) is 5.92. The Labute approximate surface area is 190 Å². The van der Waals surface area contributed by atoms with Gasteiger partial charge in [0.05, 0.1) is 40.3 Å². The summed E-state index contributed by atoms with van der Waals surface area (Å²) in [5.74, 6) is 1.75. The van der Waals surface area contributed by atoms with Crippen LogP contribution >= 0.6 is 0 Å². The maximum atomic E-state index is 12.6. The number of nitrogens with zero attached hydrogens (tertiary/aromatic N) is 1. The molecule has 3 aromatic rings. The van der Waals surface area contributed by atoms with E-state index in [0.29, 0.717) is 22.9 Å². The van der Waals surface area contributed by atoms with E-state index in [0.717, 1.165) is 0 Å². The van der Waals surface area contributed by atoms with Gasteiger partial charge in [0.1, 0.15) is 34.3 Å². The zero-order valence-corrected chi connectivity index (χ0v) is 18.5. The van der Waals surface area contributed by atoms with Crippen LogP contribution in [0.3, 0.4) is 0 Å². The summed E-state index contributed by atoms with van der Waals surface area (Å²) in [5.41, 5.74) is 0.455. The molecule has 10 heteroatoms. The van der Waals surface area contributed by atoms with Gasteiger partial charge in [0.15, 0.2) is 0 Å². The van der Waals surface area contributed by atoms with Crippen molar-refractivity contribution in [1.29, 1.82) is 0 Å². The molecule has 0 fully saturated rings. The highest BCUT2D eigenvalue weighted by molar-refractivity contribution is 6.10. The monoisotopic (exact) mass is 453 g/mol. The second-order valence-corrected chi connectivity index (χ2v) is 6.48. The predicted molar refractivity (Wildman–Crippen MR) is 120 cm³/mol. The minimum absolute atomic E-state index is 0.105. The molecule has 0 aliphatic carbocycles. The number of imide groups is 1. The van der Waals surface area contributed by atoms with Gasteiger partial charge in [0.2, 0.25) is 5.88 Å². The number of hydrogen-bond acceptors (Lipinski definition) is 8. The van der Waals surface area contributed by atoms with Gasteiger partial charge in [-0.1, -0.05) is 6.07 Å². The third-order valence-corrected chi connectivity index (χ3v) is 4.42. The molecule has 1 heterocycles. The molecule has 172 valence electrons. The van der Waals surface area contributed by atoms with E-state index in [1.54, 1.807) is 48.5 Å². The molecule has 0 unspecified atom stereocenters. The summed E-state index contributed by atoms with van der Waals surface area (Å²) < 4.78 is 26.5. The Hall–Kier alpha value is -4.47. The van der Waals surface area contributed by atoms with Crippen molar-refractivity contribution in [3.8, 4) is 34.6 Å². The van der Waals surface area contributed by atoms with Gasteiger partial charge in [0, 0.05) is 24.3 Å². The summed E-state index contributed by atoms with van der Waals surface area (Å²) in [6.07, 6.45) is 1.39. The summed E-state index contributed by atoms with van der Waals surface area (Å²) in [4.78, 5) is 29.0. The normalized spacial score (nSPS) is 10.1. The van der Waals surface area contributed by atoms with Gasteiger partial charge < -0.3 is 29.0 Å². The Morgan fingerprint density at radius 2 is 1.39 bits per heavy atom. The fourth-order valence-corrected chi connectivity index (χ4v) is 2.88. The minimum atomic E-state index is -0.749. The first kappa shape index (κ1) is 23.2.